The van der Waals surface area contributed by atoms with Crippen molar-refractivity contribution in [2.75, 3.05) is 0 Å². The average molecular weight is 401 g/mol. The molecule has 0 fully saturated rings. The van der Waals surface area contributed by atoms with Crippen LogP contribution in [-0.2, 0) is 10.1 Å². The Morgan fingerprint density at radius 2 is 1.48 bits per heavy atom. The molecule has 0 amide bonds. The summed E-state index contributed by atoms with van der Waals surface area (Å²) in [4.78, 5) is 21.6. The van der Waals surface area contributed by atoms with Crippen LogP contribution in [0.15, 0.2) is 51.8 Å². The van der Waals surface area contributed by atoms with E-state index in [0.717, 1.165) is 22.7 Å². The molecule has 2 N–H and O–H groups in total. The Bertz CT molecular complexity index is 872. The third-order valence-corrected chi connectivity index (χ3v) is 4.53. The molecule has 0 saturated carbocycles. The van der Waals surface area contributed by atoms with Crippen molar-refractivity contribution in [2.24, 2.45) is 0 Å². The van der Waals surface area contributed by atoms with E-state index in [1.807, 2.05) is 0 Å². The molecule has 0 aliphatic rings. The van der Waals surface area contributed by atoms with Gasteiger partial charge in [-0.25, -0.2) is 9.59 Å². The van der Waals surface area contributed by atoms with Crippen LogP contribution in [0.2, 0.25) is 0 Å². The Balaban J connectivity index is 2.43. The maximum absolute atomic E-state index is 12.2. The summed E-state index contributed by atoms with van der Waals surface area (Å²) in [5, 5.41) is 17.9. The van der Waals surface area contributed by atoms with Crippen molar-refractivity contribution in [3.8, 4) is 5.75 Å². The molecule has 0 bridgehead atoms. The van der Waals surface area contributed by atoms with Crippen molar-refractivity contribution >= 4 is 38.0 Å². The molecule has 2 rings (SSSR count). The van der Waals surface area contributed by atoms with Gasteiger partial charge in [-0.05, 0) is 42.5 Å². The van der Waals surface area contributed by atoms with Gasteiger partial charge in [-0.2, -0.15) is 8.42 Å². The summed E-state index contributed by atoms with van der Waals surface area (Å²) in [6.45, 7) is 0. The summed E-state index contributed by atoms with van der Waals surface area (Å²) in [5.41, 5.74) is -1.15. The second-order valence-electron chi connectivity index (χ2n) is 4.31. The molecule has 120 valence electrons. The second-order valence-corrected chi connectivity index (χ2v) is 6.77. The molecule has 0 aliphatic heterocycles. The normalized spacial score (nSPS) is 11.0. The fourth-order valence-corrected chi connectivity index (χ4v) is 2.93. The Morgan fingerprint density at radius 1 is 0.913 bits per heavy atom. The van der Waals surface area contributed by atoms with E-state index >= 15 is 0 Å². The summed E-state index contributed by atoms with van der Waals surface area (Å²) in [6, 6.07) is 8.59. The number of hydrogen-bond acceptors (Lipinski definition) is 5. The zero-order valence-electron chi connectivity index (χ0n) is 11.3. The quantitative estimate of drug-likeness (QED) is 0.740. The molecular weight excluding hydrogens is 392 g/mol. The van der Waals surface area contributed by atoms with Gasteiger partial charge in [0.05, 0.1) is 11.1 Å². The molecular formula is C14H9BrO7S. The van der Waals surface area contributed by atoms with E-state index in [9.17, 15) is 18.0 Å². The van der Waals surface area contributed by atoms with Gasteiger partial charge in [-0.3, -0.25) is 0 Å². The lowest BCUT2D eigenvalue weighted by Gasteiger charge is -2.09. The third-order valence-electron chi connectivity index (χ3n) is 2.76. The molecule has 0 unspecified atom stereocenters. The number of hydrogen-bond donors (Lipinski definition) is 2. The fraction of sp³-hybridized carbons (Fsp3) is 0. The van der Waals surface area contributed by atoms with E-state index < -0.39 is 38.1 Å². The number of aromatic carboxylic acids is 2. The molecule has 0 aliphatic carbocycles. The van der Waals surface area contributed by atoms with Gasteiger partial charge >= 0.3 is 22.1 Å². The zero-order valence-corrected chi connectivity index (χ0v) is 13.7. The predicted molar refractivity (Wildman–Crippen MR) is 82.3 cm³/mol. The maximum Gasteiger partial charge on any atom is 0.339 e. The van der Waals surface area contributed by atoms with E-state index in [1.165, 1.54) is 12.1 Å². The van der Waals surface area contributed by atoms with Gasteiger partial charge in [0, 0.05) is 4.47 Å². The van der Waals surface area contributed by atoms with Gasteiger partial charge in [0.25, 0.3) is 0 Å². The number of halogens is 1. The SMILES string of the molecule is O=C(O)c1ccc(S(=O)(=O)Oc2ccc(Br)cc2)cc1C(=O)O. The smallest absolute Gasteiger partial charge is 0.339 e. The van der Waals surface area contributed by atoms with E-state index in [0.29, 0.717) is 0 Å². The first-order valence-corrected chi connectivity index (χ1v) is 8.21. The standard InChI is InChI=1S/C14H9BrO7S/c15-8-1-3-9(4-2-8)22-23(20,21)10-5-6-11(13(16)17)12(7-10)14(18)19/h1-7H,(H,16,17)(H,18,19). The minimum atomic E-state index is -4.30. The maximum atomic E-state index is 12.2. The summed E-state index contributed by atoms with van der Waals surface area (Å²) in [7, 11) is -4.30. The number of rotatable bonds is 5. The second kappa shape index (κ2) is 6.39. The monoisotopic (exact) mass is 400 g/mol. The lowest BCUT2D eigenvalue weighted by atomic mass is 10.1. The molecule has 9 heteroatoms. The summed E-state index contributed by atoms with van der Waals surface area (Å²) in [5.74, 6) is -2.99. The Morgan fingerprint density at radius 3 is 2.00 bits per heavy atom. The van der Waals surface area contributed by atoms with Gasteiger partial charge < -0.3 is 14.4 Å². The number of benzene rings is 2. The van der Waals surface area contributed by atoms with Crippen LogP contribution in [0.5, 0.6) is 5.75 Å². The van der Waals surface area contributed by atoms with E-state index in [1.54, 1.807) is 12.1 Å². The molecule has 0 heterocycles. The van der Waals surface area contributed by atoms with Crippen LogP contribution in [0.1, 0.15) is 20.7 Å². The highest BCUT2D eigenvalue weighted by Crippen LogP contribution is 2.23. The largest absolute Gasteiger partial charge is 0.478 e. The van der Waals surface area contributed by atoms with Crippen LogP contribution in [-0.4, -0.2) is 30.6 Å². The van der Waals surface area contributed by atoms with Crippen molar-refractivity contribution in [2.45, 2.75) is 4.90 Å². The number of carboxylic acid groups (broad SMARTS) is 2. The molecule has 0 saturated heterocycles. The van der Waals surface area contributed by atoms with Gasteiger partial charge in [-0.1, -0.05) is 15.9 Å². The van der Waals surface area contributed by atoms with Crippen molar-refractivity contribution in [1.29, 1.82) is 0 Å². The van der Waals surface area contributed by atoms with Crippen LogP contribution in [0.25, 0.3) is 0 Å². The molecule has 7 nitrogen and oxygen atoms in total. The van der Waals surface area contributed by atoms with Gasteiger partial charge in [0.2, 0.25) is 0 Å². The highest BCUT2D eigenvalue weighted by atomic mass is 79.9. The lowest BCUT2D eigenvalue weighted by Crippen LogP contribution is -2.13. The summed E-state index contributed by atoms with van der Waals surface area (Å²) >= 11 is 3.19. The van der Waals surface area contributed by atoms with Crippen molar-refractivity contribution in [1.82, 2.24) is 0 Å². The molecule has 2 aromatic rings. The third kappa shape index (κ3) is 3.88. The number of carbonyl (C=O) groups is 2. The Hall–Kier alpha value is -2.39. The van der Waals surface area contributed by atoms with E-state index in [2.05, 4.69) is 15.9 Å². The molecule has 23 heavy (non-hydrogen) atoms. The summed E-state index contributed by atoms with van der Waals surface area (Å²) < 4.78 is 29.9. The Labute approximate surface area is 139 Å². The van der Waals surface area contributed by atoms with Gasteiger partial charge in [0.15, 0.2) is 0 Å². The molecule has 0 aromatic heterocycles. The fourth-order valence-electron chi connectivity index (χ4n) is 1.71. The zero-order chi connectivity index (χ0) is 17.2. The van der Waals surface area contributed by atoms with Gasteiger partial charge in [-0.15, -0.1) is 0 Å². The van der Waals surface area contributed by atoms with Crippen LogP contribution >= 0.6 is 15.9 Å². The first kappa shape index (κ1) is 17.0. The van der Waals surface area contributed by atoms with Crippen LogP contribution in [0, 0.1) is 0 Å². The minimum absolute atomic E-state index is 0.0346. The average Bonchev–Trinajstić information content (AvgIpc) is 2.48. The molecule has 0 spiro atoms. The first-order valence-electron chi connectivity index (χ1n) is 6.01. The van der Waals surface area contributed by atoms with E-state index in [-0.39, 0.29) is 5.75 Å². The van der Waals surface area contributed by atoms with Crippen molar-refractivity contribution in [3.05, 3.63) is 58.1 Å². The van der Waals surface area contributed by atoms with Crippen LogP contribution in [0.3, 0.4) is 0 Å². The Kier molecular flexibility index (Phi) is 4.71. The van der Waals surface area contributed by atoms with E-state index in [4.69, 9.17) is 14.4 Å². The predicted octanol–water partition coefficient (Wildman–Crippen LogP) is 2.61. The highest BCUT2D eigenvalue weighted by Gasteiger charge is 2.23. The van der Waals surface area contributed by atoms with Crippen LogP contribution in [0.4, 0.5) is 0 Å². The minimum Gasteiger partial charge on any atom is -0.478 e. The summed E-state index contributed by atoms with van der Waals surface area (Å²) in [6.07, 6.45) is 0. The molecule has 0 atom stereocenters. The topological polar surface area (TPSA) is 118 Å². The first-order chi connectivity index (χ1) is 10.7. The molecule has 0 radical (unpaired) electrons. The highest BCUT2D eigenvalue weighted by molar-refractivity contribution is 9.10. The van der Waals surface area contributed by atoms with Crippen LogP contribution < -0.4 is 4.18 Å². The van der Waals surface area contributed by atoms with Gasteiger partial charge in [0.1, 0.15) is 10.6 Å². The lowest BCUT2D eigenvalue weighted by molar-refractivity contribution is 0.0651. The van der Waals surface area contributed by atoms with Crippen molar-refractivity contribution in [3.63, 3.8) is 0 Å². The number of carboxylic acids is 2. The van der Waals surface area contributed by atoms with Crippen molar-refractivity contribution < 1.29 is 32.4 Å². The molecule has 2 aromatic carbocycles.